The van der Waals surface area contributed by atoms with Crippen molar-refractivity contribution in [3.8, 4) is 0 Å². The molecule has 0 fully saturated rings. The summed E-state index contributed by atoms with van der Waals surface area (Å²) in [5.74, 6) is 0. The summed E-state index contributed by atoms with van der Waals surface area (Å²) in [6, 6.07) is 10.4. The highest BCUT2D eigenvalue weighted by Crippen LogP contribution is 2.28. The summed E-state index contributed by atoms with van der Waals surface area (Å²) in [5.41, 5.74) is 10.8. The molecule has 1 aliphatic carbocycles. The normalized spacial score (nSPS) is 16.7. The summed E-state index contributed by atoms with van der Waals surface area (Å²) >= 11 is 1.78. The molecular formula is C18H21NS. The molecule has 0 aliphatic heterocycles. The summed E-state index contributed by atoms with van der Waals surface area (Å²) < 4.78 is 0. The van der Waals surface area contributed by atoms with Crippen LogP contribution in [0.25, 0.3) is 5.57 Å². The minimum atomic E-state index is 0.876. The number of allylic oxidation sites excluding steroid dienone is 6. The quantitative estimate of drug-likeness (QED) is 0.795. The van der Waals surface area contributed by atoms with Crippen LogP contribution in [0.5, 0.6) is 0 Å². The molecule has 2 rings (SSSR count). The average Bonchev–Trinajstić information content (AvgIpc) is 2.53. The van der Waals surface area contributed by atoms with Crippen molar-refractivity contribution in [2.45, 2.75) is 19.8 Å². The van der Waals surface area contributed by atoms with Gasteiger partial charge in [-0.2, -0.15) is 0 Å². The molecule has 1 aromatic rings. The van der Waals surface area contributed by atoms with Gasteiger partial charge in [0.25, 0.3) is 0 Å². The van der Waals surface area contributed by atoms with E-state index in [1.54, 1.807) is 11.8 Å². The Balaban J connectivity index is 2.26. The van der Waals surface area contributed by atoms with Crippen molar-refractivity contribution in [1.82, 2.24) is 0 Å². The zero-order valence-corrected chi connectivity index (χ0v) is 12.9. The lowest BCUT2D eigenvalue weighted by Gasteiger charge is -2.14. The minimum Gasteiger partial charge on any atom is -0.398 e. The number of nitrogens with two attached hydrogens (primary N) is 1. The third-order valence-electron chi connectivity index (χ3n) is 3.41. The van der Waals surface area contributed by atoms with Crippen LogP contribution in [0, 0.1) is 0 Å². The third-order valence-corrected chi connectivity index (χ3v) is 4.17. The van der Waals surface area contributed by atoms with Crippen LogP contribution >= 0.6 is 11.8 Å². The predicted octanol–water partition coefficient (Wildman–Crippen LogP) is 4.90. The zero-order valence-electron chi connectivity index (χ0n) is 12.1. The van der Waals surface area contributed by atoms with Gasteiger partial charge in [-0.25, -0.2) is 0 Å². The predicted molar refractivity (Wildman–Crippen MR) is 91.3 cm³/mol. The van der Waals surface area contributed by atoms with Crippen LogP contribution in [-0.4, -0.2) is 6.26 Å². The SMILES string of the molecule is C/C=C(\C=C(/N)C1=CC(SC)=CCC1)c1ccccc1. The van der Waals surface area contributed by atoms with Gasteiger partial charge in [-0.15, -0.1) is 11.8 Å². The number of rotatable bonds is 4. The van der Waals surface area contributed by atoms with E-state index in [2.05, 4.69) is 61.7 Å². The zero-order chi connectivity index (χ0) is 14.4. The molecule has 0 saturated carbocycles. The summed E-state index contributed by atoms with van der Waals surface area (Å²) in [6.45, 7) is 2.05. The second-order valence-corrected chi connectivity index (χ2v) is 5.61. The molecule has 1 nitrogen and oxygen atoms in total. The Kier molecular flexibility index (Phi) is 5.31. The number of hydrogen-bond acceptors (Lipinski definition) is 2. The molecule has 20 heavy (non-hydrogen) atoms. The Morgan fingerprint density at radius 1 is 1.25 bits per heavy atom. The lowest BCUT2D eigenvalue weighted by atomic mass is 9.98. The molecule has 1 aromatic carbocycles. The summed E-state index contributed by atoms with van der Waals surface area (Å²) in [4.78, 5) is 1.31. The molecule has 2 heteroatoms. The van der Waals surface area contributed by atoms with Crippen LogP contribution in [0.1, 0.15) is 25.3 Å². The first kappa shape index (κ1) is 14.7. The van der Waals surface area contributed by atoms with E-state index in [4.69, 9.17) is 5.73 Å². The highest BCUT2D eigenvalue weighted by molar-refractivity contribution is 8.02. The summed E-state index contributed by atoms with van der Waals surface area (Å²) in [7, 11) is 0. The molecule has 0 unspecified atom stereocenters. The van der Waals surface area contributed by atoms with Crippen LogP contribution in [0.4, 0.5) is 0 Å². The maximum Gasteiger partial charge on any atom is 0.0353 e. The maximum absolute atomic E-state index is 6.29. The smallest absolute Gasteiger partial charge is 0.0353 e. The fourth-order valence-electron chi connectivity index (χ4n) is 2.27. The molecule has 0 amide bonds. The third kappa shape index (κ3) is 3.67. The van der Waals surface area contributed by atoms with Crippen LogP contribution in [-0.2, 0) is 0 Å². The van der Waals surface area contributed by atoms with Gasteiger partial charge in [0.15, 0.2) is 0 Å². The van der Waals surface area contributed by atoms with Gasteiger partial charge >= 0.3 is 0 Å². The molecule has 0 bridgehead atoms. The molecule has 1 aliphatic rings. The highest BCUT2D eigenvalue weighted by Gasteiger charge is 2.08. The minimum absolute atomic E-state index is 0.876. The lowest BCUT2D eigenvalue weighted by molar-refractivity contribution is 0.959. The van der Waals surface area contributed by atoms with Gasteiger partial charge in [0.2, 0.25) is 0 Å². The second-order valence-electron chi connectivity index (χ2n) is 4.73. The first-order valence-corrected chi connectivity index (χ1v) is 8.11. The Morgan fingerprint density at radius 2 is 2.00 bits per heavy atom. The van der Waals surface area contributed by atoms with Crippen molar-refractivity contribution in [3.63, 3.8) is 0 Å². The largest absolute Gasteiger partial charge is 0.398 e. The fraction of sp³-hybridized carbons (Fsp3) is 0.222. The summed E-state index contributed by atoms with van der Waals surface area (Å²) in [6.07, 6.45) is 12.9. The van der Waals surface area contributed by atoms with Crippen molar-refractivity contribution < 1.29 is 0 Å². The van der Waals surface area contributed by atoms with Crippen molar-refractivity contribution in [2.75, 3.05) is 6.26 Å². The van der Waals surface area contributed by atoms with Gasteiger partial charge < -0.3 is 5.73 Å². The molecule has 0 heterocycles. The van der Waals surface area contributed by atoms with Crippen LogP contribution in [0.2, 0.25) is 0 Å². The van der Waals surface area contributed by atoms with E-state index in [0.29, 0.717) is 0 Å². The van der Waals surface area contributed by atoms with Crippen molar-refractivity contribution in [3.05, 3.63) is 76.4 Å². The van der Waals surface area contributed by atoms with Crippen molar-refractivity contribution in [2.24, 2.45) is 5.73 Å². The average molecular weight is 283 g/mol. The number of thioether (sulfide) groups is 1. The van der Waals surface area contributed by atoms with E-state index in [9.17, 15) is 0 Å². The Labute approximate surface area is 126 Å². The first-order valence-electron chi connectivity index (χ1n) is 6.88. The molecule has 0 atom stereocenters. The maximum atomic E-state index is 6.29. The van der Waals surface area contributed by atoms with Gasteiger partial charge in [-0.3, -0.25) is 0 Å². The summed E-state index contributed by atoms with van der Waals surface area (Å²) in [5, 5.41) is 0. The highest BCUT2D eigenvalue weighted by atomic mass is 32.2. The second kappa shape index (κ2) is 7.20. The van der Waals surface area contributed by atoms with Gasteiger partial charge in [-0.1, -0.05) is 42.5 Å². The van der Waals surface area contributed by atoms with Crippen LogP contribution in [0.3, 0.4) is 0 Å². The molecular weight excluding hydrogens is 262 g/mol. The molecule has 0 aromatic heterocycles. The van der Waals surface area contributed by atoms with Crippen LogP contribution in [0.15, 0.2) is 70.8 Å². The number of hydrogen-bond donors (Lipinski definition) is 1. The Bertz CT molecular complexity index is 577. The van der Waals surface area contributed by atoms with Gasteiger partial charge in [0.05, 0.1) is 0 Å². The van der Waals surface area contributed by atoms with Gasteiger partial charge in [0, 0.05) is 10.6 Å². The lowest BCUT2D eigenvalue weighted by Crippen LogP contribution is -2.04. The topological polar surface area (TPSA) is 26.0 Å². The van der Waals surface area contributed by atoms with E-state index in [-0.39, 0.29) is 0 Å². The molecule has 2 N–H and O–H groups in total. The van der Waals surface area contributed by atoms with Gasteiger partial charge in [-0.05, 0) is 54.9 Å². The van der Waals surface area contributed by atoms with E-state index >= 15 is 0 Å². The molecule has 104 valence electrons. The Morgan fingerprint density at radius 3 is 2.65 bits per heavy atom. The molecule has 0 spiro atoms. The van der Waals surface area contributed by atoms with Crippen LogP contribution < -0.4 is 5.73 Å². The standard InChI is InChI=1S/C18H21NS/c1-3-14(15-8-5-4-6-9-15)13-18(19)16-10-7-11-17(12-16)20-2/h3-6,8-9,11-13H,7,10,19H2,1-2H3/b14-3+,18-13-. The first-order chi connectivity index (χ1) is 9.74. The van der Waals surface area contributed by atoms with Gasteiger partial charge in [0.1, 0.15) is 0 Å². The van der Waals surface area contributed by atoms with Crippen molar-refractivity contribution in [1.29, 1.82) is 0 Å². The molecule has 0 saturated heterocycles. The molecule has 0 radical (unpaired) electrons. The van der Waals surface area contributed by atoms with E-state index in [1.807, 2.05) is 6.07 Å². The van der Waals surface area contributed by atoms with E-state index < -0.39 is 0 Å². The number of benzene rings is 1. The monoisotopic (exact) mass is 283 g/mol. The van der Waals surface area contributed by atoms with E-state index in [0.717, 1.165) is 18.5 Å². The fourth-order valence-corrected chi connectivity index (χ4v) is 2.81. The van der Waals surface area contributed by atoms with Crippen molar-refractivity contribution >= 4 is 17.3 Å². The van der Waals surface area contributed by atoms with E-state index in [1.165, 1.54) is 21.6 Å². The Hall–Kier alpha value is -1.67.